The first-order valence-corrected chi connectivity index (χ1v) is 13.5. The smallest absolute Gasteiger partial charge is 0.267 e. The molecule has 1 amide bonds. The van der Waals surface area contributed by atoms with Gasteiger partial charge in [-0.3, -0.25) is 14.2 Å². The van der Waals surface area contributed by atoms with Crippen LogP contribution in [0, 0.1) is 0 Å². The molecule has 2 aromatic carbocycles. The van der Waals surface area contributed by atoms with Gasteiger partial charge < -0.3 is 0 Å². The lowest BCUT2D eigenvalue weighted by Crippen LogP contribution is -2.24. The highest BCUT2D eigenvalue weighted by Crippen LogP contribution is 2.35. The monoisotopic (exact) mass is 552 g/mol. The summed E-state index contributed by atoms with van der Waals surface area (Å²) in [4.78, 5) is 33.0. The molecule has 5 rings (SSSR count). The van der Waals surface area contributed by atoms with Gasteiger partial charge in [-0.2, -0.15) is 5.10 Å². The van der Waals surface area contributed by atoms with Crippen LogP contribution >= 0.6 is 39.0 Å². The van der Waals surface area contributed by atoms with E-state index in [1.54, 1.807) is 22.1 Å². The van der Waals surface area contributed by atoms with Crippen LogP contribution in [0.2, 0.25) is 0 Å². The summed E-state index contributed by atoms with van der Waals surface area (Å²) in [6.45, 7) is 0. The number of hydrogen-bond acceptors (Lipinski definition) is 6. The fraction of sp³-hybridized carbons (Fsp3) is 0.200. The number of nitrogens with zero attached hydrogens (tertiary/aromatic N) is 3. The number of aromatic nitrogens is 2. The van der Waals surface area contributed by atoms with Gasteiger partial charge in [-0.05, 0) is 61.1 Å². The quantitative estimate of drug-likeness (QED) is 0.152. The van der Waals surface area contributed by atoms with Crippen LogP contribution in [0.3, 0.4) is 0 Å². The van der Waals surface area contributed by atoms with Gasteiger partial charge in [-0.1, -0.05) is 58.0 Å². The molecule has 0 saturated heterocycles. The van der Waals surface area contributed by atoms with Crippen molar-refractivity contribution in [3.63, 3.8) is 0 Å². The number of hydrazone groups is 1. The normalized spacial score (nSPS) is 13.3. The zero-order valence-corrected chi connectivity index (χ0v) is 21.4. The average molecular weight is 554 g/mol. The van der Waals surface area contributed by atoms with E-state index in [4.69, 9.17) is 4.98 Å². The first kappa shape index (κ1) is 23.0. The lowest BCUT2D eigenvalue weighted by molar-refractivity contribution is -0.118. The molecule has 0 radical (unpaired) electrons. The molecule has 1 aliphatic rings. The molecule has 4 aromatic rings. The molecule has 172 valence electrons. The van der Waals surface area contributed by atoms with E-state index in [9.17, 15) is 9.59 Å². The van der Waals surface area contributed by atoms with E-state index in [-0.39, 0.29) is 17.2 Å². The third-order valence-corrected chi connectivity index (χ3v) is 8.17. The largest absolute Gasteiger partial charge is 0.272 e. The predicted octanol–water partition coefficient (Wildman–Crippen LogP) is 5.33. The van der Waals surface area contributed by atoms with E-state index in [0.29, 0.717) is 5.16 Å². The molecule has 9 heteroatoms. The number of benzene rings is 2. The van der Waals surface area contributed by atoms with Crippen LogP contribution in [0.1, 0.15) is 28.8 Å². The van der Waals surface area contributed by atoms with Gasteiger partial charge in [0.15, 0.2) is 5.16 Å². The van der Waals surface area contributed by atoms with Gasteiger partial charge in [0.05, 0.1) is 23.0 Å². The number of thioether (sulfide) groups is 1. The molecule has 0 saturated carbocycles. The van der Waals surface area contributed by atoms with Crippen molar-refractivity contribution in [1.29, 1.82) is 0 Å². The summed E-state index contributed by atoms with van der Waals surface area (Å²) >= 11 is 6.27. The Morgan fingerprint density at radius 3 is 2.82 bits per heavy atom. The Balaban J connectivity index is 1.42. The number of para-hydroxylation sites is 1. The number of nitrogens with one attached hydrogen (secondary N) is 1. The van der Waals surface area contributed by atoms with Crippen LogP contribution in [-0.2, 0) is 17.6 Å². The summed E-state index contributed by atoms with van der Waals surface area (Å²) in [6.07, 6.45) is 5.76. The number of carbonyl (C=O) groups excluding carboxylic acids is 1. The molecule has 34 heavy (non-hydrogen) atoms. The third-order valence-electron chi connectivity index (χ3n) is 5.56. The number of fused-ring (bicyclic) bond motifs is 3. The number of halogens is 1. The van der Waals surface area contributed by atoms with Gasteiger partial charge in [-0.15, -0.1) is 11.3 Å². The summed E-state index contributed by atoms with van der Waals surface area (Å²) < 4.78 is 2.57. The number of aryl methyl sites for hydroxylation is 2. The minimum absolute atomic E-state index is 0.0637. The number of carbonyl (C=O) groups is 1. The molecule has 0 fully saturated rings. The third kappa shape index (κ3) is 4.87. The van der Waals surface area contributed by atoms with E-state index < -0.39 is 0 Å². The highest BCUT2D eigenvalue weighted by Gasteiger charge is 2.23. The first-order chi connectivity index (χ1) is 16.6. The van der Waals surface area contributed by atoms with Crippen LogP contribution in [0.15, 0.2) is 74.1 Å². The van der Waals surface area contributed by atoms with E-state index in [1.165, 1.54) is 16.6 Å². The summed E-state index contributed by atoms with van der Waals surface area (Å²) in [6, 6.07) is 17.1. The Bertz CT molecular complexity index is 1450. The number of amides is 1. The molecular weight excluding hydrogens is 532 g/mol. The molecule has 2 aromatic heterocycles. The molecule has 0 unspecified atom stereocenters. The fourth-order valence-corrected chi connectivity index (χ4v) is 6.54. The Labute approximate surface area is 213 Å². The summed E-state index contributed by atoms with van der Waals surface area (Å²) in [5.74, 6) is -0.179. The Morgan fingerprint density at radius 1 is 1.18 bits per heavy atom. The molecule has 1 aliphatic carbocycles. The van der Waals surface area contributed by atoms with Gasteiger partial charge in [0.1, 0.15) is 4.83 Å². The summed E-state index contributed by atoms with van der Waals surface area (Å²) in [5, 5.41) is 5.28. The lowest BCUT2D eigenvalue weighted by Gasteiger charge is -2.13. The molecule has 0 atom stereocenters. The van der Waals surface area contributed by atoms with Gasteiger partial charge in [0.2, 0.25) is 0 Å². The maximum absolute atomic E-state index is 13.7. The molecule has 1 N–H and O–H groups in total. The highest BCUT2D eigenvalue weighted by molar-refractivity contribution is 9.10. The minimum Gasteiger partial charge on any atom is -0.272 e. The molecule has 0 spiro atoms. The van der Waals surface area contributed by atoms with Crippen molar-refractivity contribution < 1.29 is 4.79 Å². The number of rotatable bonds is 6. The van der Waals surface area contributed by atoms with Crippen LogP contribution in [0.5, 0.6) is 0 Å². The molecular formula is C25H21BrN4O2S2. The second-order valence-corrected chi connectivity index (χ2v) is 10.8. The average Bonchev–Trinajstić information content (AvgIpc) is 3.22. The van der Waals surface area contributed by atoms with Crippen molar-refractivity contribution in [3.8, 4) is 5.69 Å². The zero-order chi connectivity index (χ0) is 23.5. The Hall–Kier alpha value is -2.75. The van der Waals surface area contributed by atoms with Crippen molar-refractivity contribution in [3.05, 3.63) is 85.4 Å². The van der Waals surface area contributed by atoms with E-state index >= 15 is 0 Å². The fourth-order valence-electron chi connectivity index (χ4n) is 4.02. The summed E-state index contributed by atoms with van der Waals surface area (Å²) in [7, 11) is 0. The maximum atomic E-state index is 13.7. The zero-order valence-electron chi connectivity index (χ0n) is 18.2. The van der Waals surface area contributed by atoms with Crippen LogP contribution in [0.25, 0.3) is 15.9 Å². The summed E-state index contributed by atoms with van der Waals surface area (Å²) in [5.41, 5.74) is 5.26. The van der Waals surface area contributed by atoms with Crippen molar-refractivity contribution >= 4 is 61.4 Å². The first-order valence-electron chi connectivity index (χ1n) is 10.9. The van der Waals surface area contributed by atoms with Gasteiger partial charge >= 0.3 is 0 Å². The number of thiophene rings is 1. The van der Waals surface area contributed by atoms with E-state index in [0.717, 1.165) is 57.2 Å². The second kappa shape index (κ2) is 10.2. The van der Waals surface area contributed by atoms with Gasteiger partial charge in [-0.25, -0.2) is 10.4 Å². The van der Waals surface area contributed by atoms with Crippen molar-refractivity contribution in [2.45, 2.75) is 30.8 Å². The Kier molecular flexibility index (Phi) is 6.94. The highest BCUT2D eigenvalue weighted by atomic mass is 79.9. The second-order valence-electron chi connectivity index (χ2n) is 7.90. The van der Waals surface area contributed by atoms with Crippen molar-refractivity contribution in [2.75, 3.05) is 5.75 Å². The SMILES string of the molecule is O=C(CSc1nc2sc3c(c2c(=O)n1-c1ccccc1)CCCC3)N/N=C/c1cccc(Br)c1. The predicted molar refractivity (Wildman–Crippen MR) is 142 cm³/mol. The van der Waals surface area contributed by atoms with Crippen molar-refractivity contribution in [2.24, 2.45) is 5.10 Å². The van der Waals surface area contributed by atoms with Crippen LogP contribution < -0.4 is 11.0 Å². The molecule has 0 bridgehead atoms. The van der Waals surface area contributed by atoms with Crippen LogP contribution in [0.4, 0.5) is 0 Å². The molecule has 6 nitrogen and oxygen atoms in total. The number of hydrogen-bond donors (Lipinski definition) is 1. The van der Waals surface area contributed by atoms with Gasteiger partial charge in [0, 0.05) is 9.35 Å². The molecule has 0 aliphatic heterocycles. The topological polar surface area (TPSA) is 76.3 Å². The lowest BCUT2D eigenvalue weighted by atomic mass is 9.97. The maximum Gasteiger partial charge on any atom is 0.267 e. The van der Waals surface area contributed by atoms with Gasteiger partial charge in [0.25, 0.3) is 11.5 Å². The standard InChI is InChI=1S/C25H21BrN4O2S2/c26-17-8-6-7-16(13-17)14-27-29-21(31)15-33-25-28-23-22(19-11-4-5-12-20(19)34-23)24(32)30(25)18-9-2-1-3-10-18/h1-3,6-10,13-14H,4-5,11-12,15H2,(H,29,31)/b27-14+. The van der Waals surface area contributed by atoms with E-state index in [1.807, 2.05) is 54.6 Å². The molecule has 2 heterocycles. The Morgan fingerprint density at radius 2 is 2.00 bits per heavy atom. The minimum atomic E-state index is -0.268. The van der Waals surface area contributed by atoms with Crippen LogP contribution in [-0.4, -0.2) is 27.4 Å². The van der Waals surface area contributed by atoms with E-state index in [2.05, 4.69) is 26.5 Å². The van der Waals surface area contributed by atoms with Crippen molar-refractivity contribution in [1.82, 2.24) is 15.0 Å².